The minimum Gasteiger partial charge on any atom is -0.359 e. The van der Waals surface area contributed by atoms with Gasteiger partial charge in [-0.2, -0.15) is 0 Å². The number of guanidine groups is 1. The predicted octanol–water partition coefficient (Wildman–Crippen LogP) is 3.27. The van der Waals surface area contributed by atoms with E-state index in [1.54, 1.807) is 0 Å². The smallest absolute Gasteiger partial charge is 0.191 e. The molecular weight excluding hydrogens is 350 g/mol. The van der Waals surface area contributed by atoms with Gasteiger partial charge in [-0.25, -0.2) is 4.99 Å². The van der Waals surface area contributed by atoms with Crippen LogP contribution in [-0.4, -0.2) is 41.7 Å². The largest absolute Gasteiger partial charge is 0.359 e. The second-order valence-corrected chi connectivity index (χ2v) is 7.45. The Labute approximate surface area is 168 Å². The lowest BCUT2D eigenvalue weighted by Gasteiger charge is -2.33. The molecule has 0 amide bonds. The normalized spacial score (nSPS) is 16.3. The number of aliphatic imine (C=N–C) groups is 1. The van der Waals surface area contributed by atoms with Gasteiger partial charge < -0.3 is 15.2 Å². The highest BCUT2D eigenvalue weighted by Crippen LogP contribution is 2.16. The molecular formula is C22H33N5O. The third-order valence-corrected chi connectivity index (χ3v) is 5.29. The lowest BCUT2D eigenvalue weighted by atomic mass is 10.0. The molecule has 0 radical (unpaired) electrons. The van der Waals surface area contributed by atoms with Crippen molar-refractivity contribution in [3.05, 3.63) is 52.9 Å². The van der Waals surface area contributed by atoms with E-state index < -0.39 is 0 Å². The van der Waals surface area contributed by atoms with Crippen LogP contribution in [0.3, 0.4) is 0 Å². The number of rotatable bonds is 7. The summed E-state index contributed by atoms with van der Waals surface area (Å²) in [7, 11) is 0. The number of hydrogen-bond acceptors (Lipinski definition) is 4. The zero-order chi connectivity index (χ0) is 19.8. The Morgan fingerprint density at radius 2 is 2.04 bits per heavy atom. The van der Waals surface area contributed by atoms with Crippen LogP contribution in [0.2, 0.25) is 0 Å². The van der Waals surface area contributed by atoms with E-state index >= 15 is 0 Å². The van der Waals surface area contributed by atoms with Crippen molar-refractivity contribution in [2.45, 2.75) is 59.2 Å². The Hall–Kier alpha value is -2.34. The minimum absolute atomic E-state index is 0.451. The first kappa shape index (κ1) is 20.4. The molecule has 28 heavy (non-hydrogen) atoms. The number of hydrogen-bond donors (Lipinski definition) is 2. The summed E-state index contributed by atoms with van der Waals surface area (Å²) in [5.74, 6) is 1.66. The van der Waals surface area contributed by atoms with Crippen LogP contribution in [0, 0.1) is 6.92 Å². The highest BCUT2D eigenvalue weighted by Gasteiger charge is 2.20. The summed E-state index contributed by atoms with van der Waals surface area (Å²) in [5, 5.41) is 11.0. The fourth-order valence-electron chi connectivity index (χ4n) is 3.53. The summed E-state index contributed by atoms with van der Waals surface area (Å²) in [6.07, 6.45) is 3.13. The van der Waals surface area contributed by atoms with Crippen molar-refractivity contribution in [2.24, 2.45) is 4.99 Å². The van der Waals surface area contributed by atoms with Gasteiger partial charge in [0.15, 0.2) is 11.7 Å². The van der Waals surface area contributed by atoms with Gasteiger partial charge in [0.1, 0.15) is 6.54 Å². The van der Waals surface area contributed by atoms with Crippen molar-refractivity contribution in [3.8, 4) is 0 Å². The second kappa shape index (κ2) is 10.3. The standard InChI is InChI=1S/C22H33N5O/c1-4-19-14-21(28-26-19)15-24-22(23-5-2)25-20-10-12-27(13-11-20)16-18-9-7-6-8-17(18)3/h6-9,14,20H,4-5,10-13,15-16H2,1-3H3,(H2,23,24,25). The summed E-state index contributed by atoms with van der Waals surface area (Å²) in [5.41, 5.74) is 3.79. The summed E-state index contributed by atoms with van der Waals surface area (Å²) < 4.78 is 5.34. The Kier molecular flexibility index (Phi) is 7.48. The molecule has 0 spiro atoms. The Morgan fingerprint density at radius 3 is 2.71 bits per heavy atom. The van der Waals surface area contributed by atoms with Crippen molar-refractivity contribution in [1.82, 2.24) is 20.7 Å². The molecule has 152 valence electrons. The van der Waals surface area contributed by atoms with Gasteiger partial charge in [-0.3, -0.25) is 4.90 Å². The van der Waals surface area contributed by atoms with Crippen LogP contribution in [-0.2, 0) is 19.5 Å². The molecule has 6 heteroatoms. The Morgan fingerprint density at radius 1 is 1.25 bits per heavy atom. The molecule has 1 saturated heterocycles. The van der Waals surface area contributed by atoms with Crippen LogP contribution in [0.15, 0.2) is 39.8 Å². The van der Waals surface area contributed by atoms with Gasteiger partial charge in [0.05, 0.1) is 5.69 Å². The molecule has 2 N–H and O–H groups in total. The first-order valence-electron chi connectivity index (χ1n) is 10.4. The molecule has 0 saturated carbocycles. The molecule has 2 heterocycles. The van der Waals surface area contributed by atoms with Gasteiger partial charge in [0.2, 0.25) is 0 Å². The van der Waals surface area contributed by atoms with Crippen molar-refractivity contribution in [3.63, 3.8) is 0 Å². The summed E-state index contributed by atoms with van der Waals surface area (Å²) in [4.78, 5) is 7.22. The number of nitrogens with one attached hydrogen (secondary N) is 2. The number of aryl methyl sites for hydroxylation is 2. The van der Waals surface area contributed by atoms with Crippen LogP contribution >= 0.6 is 0 Å². The van der Waals surface area contributed by atoms with Crippen LogP contribution < -0.4 is 10.6 Å². The fraction of sp³-hybridized carbons (Fsp3) is 0.545. The Balaban J connectivity index is 1.49. The summed E-state index contributed by atoms with van der Waals surface area (Å²) >= 11 is 0. The van der Waals surface area contributed by atoms with E-state index in [-0.39, 0.29) is 0 Å². The molecule has 1 fully saturated rings. The fourth-order valence-corrected chi connectivity index (χ4v) is 3.53. The van der Waals surface area contributed by atoms with Crippen LogP contribution in [0.1, 0.15) is 49.3 Å². The number of aromatic nitrogens is 1. The first-order chi connectivity index (χ1) is 13.7. The maximum atomic E-state index is 5.34. The quantitative estimate of drug-likeness (QED) is 0.567. The number of benzene rings is 1. The van der Waals surface area contributed by atoms with Crippen molar-refractivity contribution < 1.29 is 4.52 Å². The number of nitrogens with zero attached hydrogens (tertiary/aromatic N) is 3. The molecule has 0 aliphatic carbocycles. The minimum atomic E-state index is 0.451. The van der Waals surface area contributed by atoms with Gasteiger partial charge in [-0.1, -0.05) is 36.3 Å². The molecule has 0 unspecified atom stereocenters. The predicted molar refractivity (Wildman–Crippen MR) is 113 cm³/mol. The van der Waals surface area contributed by atoms with Gasteiger partial charge in [0.25, 0.3) is 0 Å². The molecule has 1 aliphatic heterocycles. The van der Waals surface area contributed by atoms with Crippen LogP contribution in [0.25, 0.3) is 0 Å². The molecule has 2 aromatic rings. The van der Waals surface area contributed by atoms with Gasteiger partial charge in [-0.05, 0) is 44.2 Å². The first-order valence-corrected chi connectivity index (χ1v) is 10.4. The number of likely N-dealkylation sites (tertiary alicyclic amines) is 1. The average molecular weight is 384 g/mol. The summed E-state index contributed by atoms with van der Waals surface area (Å²) in [6.45, 7) is 11.0. The zero-order valence-corrected chi connectivity index (χ0v) is 17.4. The molecule has 1 aromatic carbocycles. The lowest BCUT2D eigenvalue weighted by Crippen LogP contribution is -2.48. The molecule has 1 aromatic heterocycles. The SMILES string of the molecule is CCNC(=NCc1cc(CC)no1)NC1CCN(Cc2ccccc2C)CC1. The monoisotopic (exact) mass is 383 g/mol. The summed E-state index contributed by atoms with van der Waals surface area (Å²) in [6, 6.07) is 11.1. The van der Waals surface area contributed by atoms with Gasteiger partial charge in [0, 0.05) is 38.3 Å². The highest BCUT2D eigenvalue weighted by atomic mass is 16.5. The molecule has 1 aliphatic rings. The third-order valence-electron chi connectivity index (χ3n) is 5.29. The Bertz CT molecular complexity index is 762. The van der Waals surface area contributed by atoms with Gasteiger partial charge >= 0.3 is 0 Å². The molecule has 0 bridgehead atoms. The van der Waals surface area contributed by atoms with E-state index in [1.807, 2.05) is 6.07 Å². The third kappa shape index (κ3) is 5.83. The molecule has 6 nitrogen and oxygen atoms in total. The maximum absolute atomic E-state index is 5.34. The van der Waals surface area contributed by atoms with Crippen molar-refractivity contribution in [2.75, 3.05) is 19.6 Å². The van der Waals surface area contributed by atoms with Crippen LogP contribution in [0.4, 0.5) is 0 Å². The molecule has 3 rings (SSSR count). The second-order valence-electron chi connectivity index (χ2n) is 7.45. The average Bonchev–Trinajstić information content (AvgIpc) is 3.18. The topological polar surface area (TPSA) is 65.7 Å². The van der Waals surface area contributed by atoms with E-state index in [2.05, 4.69) is 70.7 Å². The lowest BCUT2D eigenvalue weighted by molar-refractivity contribution is 0.198. The highest BCUT2D eigenvalue weighted by molar-refractivity contribution is 5.80. The van der Waals surface area contributed by atoms with E-state index in [1.165, 1.54) is 11.1 Å². The maximum Gasteiger partial charge on any atom is 0.191 e. The van der Waals surface area contributed by atoms with Crippen molar-refractivity contribution in [1.29, 1.82) is 0 Å². The van der Waals surface area contributed by atoms with Crippen molar-refractivity contribution >= 4 is 5.96 Å². The van der Waals surface area contributed by atoms with E-state index in [9.17, 15) is 0 Å². The van der Waals surface area contributed by atoms with Gasteiger partial charge in [-0.15, -0.1) is 0 Å². The molecule has 0 atom stereocenters. The van der Waals surface area contributed by atoms with E-state index in [4.69, 9.17) is 4.52 Å². The van der Waals surface area contributed by atoms with E-state index in [0.717, 1.165) is 62.9 Å². The van der Waals surface area contributed by atoms with E-state index in [0.29, 0.717) is 12.6 Å². The van der Waals surface area contributed by atoms with Crippen LogP contribution in [0.5, 0.6) is 0 Å². The zero-order valence-electron chi connectivity index (χ0n) is 17.4. The number of piperidine rings is 1.